The second kappa shape index (κ2) is 4.02. The summed E-state index contributed by atoms with van der Waals surface area (Å²) in [6.07, 6.45) is 1.75. The molecule has 0 fully saturated rings. The number of furan rings is 1. The molecule has 0 saturated carbocycles. The Morgan fingerprint density at radius 1 is 1.25 bits per heavy atom. The molecule has 0 aliphatic carbocycles. The third kappa shape index (κ3) is 1.86. The van der Waals surface area contributed by atoms with Crippen molar-refractivity contribution in [1.29, 1.82) is 0 Å². The maximum absolute atomic E-state index is 11.8. The summed E-state index contributed by atoms with van der Waals surface area (Å²) in [5.41, 5.74) is 0.631. The van der Waals surface area contributed by atoms with Crippen LogP contribution in [-0.2, 0) is 0 Å². The Kier molecular flexibility index (Phi) is 2.55. The zero-order valence-corrected chi connectivity index (χ0v) is 8.21. The van der Waals surface area contributed by atoms with Gasteiger partial charge in [-0.05, 0) is 18.2 Å². The molecule has 0 atom stereocenters. The molecule has 2 aromatic rings. The first-order valence-corrected chi connectivity index (χ1v) is 4.58. The van der Waals surface area contributed by atoms with E-state index in [1.165, 1.54) is 24.5 Å². The van der Waals surface area contributed by atoms with Crippen molar-refractivity contribution in [2.45, 2.75) is 0 Å². The van der Waals surface area contributed by atoms with Crippen LogP contribution in [0.15, 0.2) is 41.0 Å². The second-order valence-corrected chi connectivity index (χ2v) is 3.24. The van der Waals surface area contributed by atoms with Gasteiger partial charge in [0.05, 0.1) is 5.56 Å². The van der Waals surface area contributed by atoms with Crippen molar-refractivity contribution >= 4 is 12.1 Å². The average molecular weight is 216 g/mol. The van der Waals surface area contributed by atoms with E-state index in [1.54, 1.807) is 12.1 Å². The highest BCUT2D eigenvalue weighted by atomic mass is 16.3. The predicted octanol–water partition coefficient (Wildman–Crippen LogP) is 2.03. The topological polar surface area (TPSA) is 67.5 Å². The molecule has 1 heterocycles. The number of aldehydes is 1. The van der Waals surface area contributed by atoms with Gasteiger partial charge in [0.1, 0.15) is 12.0 Å². The average Bonchev–Trinajstić information content (AvgIpc) is 2.76. The molecule has 4 nitrogen and oxygen atoms in total. The van der Waals surface area contributed by atoms with Crippen LogP contribution in [-0.4, -0.2) is 17.2 Å². The lowest BCUT2D eigenvalue weighted by molar-refractivity contribution is 0.103. The Labute approximate surface area is 91.1 Å². The van der Waals surface area contributed by atoms with Gasteiger partial charge in [-0.15, -0.1) is 0 Å². The molecule has 0 radical (unpaired) electrons. The van der Waals surface area contributed by atoms with E-state index in [2.05, 4.69) is 0 Å². The van der Waals surface area contributed by atoms with Gasteiger partial charge in [0, 0.05) is 5.56 Å². The number of carbonyl (C=O) groups excluding carboxylic acids is 2. The molecule has 1 N–H and O–H groups in total. The Hall–Kier alpha value is -2.36. The number of benzene rings is 1. The summed E-state index contributed by atoms with van der Waals surface area (Å²) in [5, 5.41) is 9.23. The van der Waals surface area contributed by atoms with E-state index in [0.29, 0.717) is 11.8 Å². The molecule has 1 aromatic carbocycles. The van der Waals surface area contributed by atoms with Gasteiger partial charge in [-0.2, -0.15) is 0 Å². The minimum atomic E-state index is -0.298. The van der Waals surface area contributed by atoms with Crippen LogP contribution in [0.4, 0.5) is 0 Å². The third-order valence-electron chi connectivity index (χ3n) is 2.11. The highest BCUT2D eigenvalue weighted by Gasteiger charge is 2.12. The summed E-state index contributed by atoms with van der Waals surface area (Å²) in [6.45, 7) is 0. The smallest absolute Gasteiger partial charge is 0.196 e. The molecule has 0 aliphatic rings. The van der Waals surface area contributed by atoms with Gasteiger partial charge in [0.25, 0.3) is 0 Å². The summed E-state index contributed by atoms with van der Waals surface area (Å²) < 4.78 is 4.84. The molecular weight excluding hydrogens is 208 g/mol. The van der Waals surface area contributed by atoms with Crippen molar-refractivity contribution in [3.05, 3.63) is 53.5 Å². The van der Waals surface area contributed by atoms with E-state index in [0.717, 1.165) is 0 Å². The first-order valence-electron chi connectivity index (χ1n) is 4.58. The number of carbonyl (C=O) groups is 2. The van der Waals surface area contributed by atoms with Crippen LogP contribution in [0.25, 0.3) is 0 Å². The Morgan fingerprint density at radius 2 is 2.06 bits per heavy atom. The summed E-state index contributed by atoms with van der Waals surface area (Å²) in [4.78, 5) is 22.2. The first kappa shape index (κ1) is 10.2. The minimum absolute atomic E-state index is 0.0185. The fraction of sp³-hybridized carbons (Fsp3) is 0. The van der Waals surface area contributed by atoms with Crippen molar-refractivity contribution < 1.29 is 19.1 Å². The third-order valence-corrected chi connectivity index (χ3v) is 2.11. The van der Waals surface area contributed by atoms with Crippen LogP contribution in [0, 0.1) is 0 Å². The van der Waals surface area contributed by atoms with E-state index in [9.17, 15) is 14.7 Å². The van der Waals surface area contributed by atoms with Crippen molar-refractivity contribution in [3.8, 4) is 5.75 Å². The van der Waals surface area contributed by atoms with Gasteiger partial charge >= 0.3 is 0 Å². The number of phenolic OH excluding ortho intramolecular Hbond substituents is 1. The van der Waals surface area contributed by atoms with Gasteiger partial charge in [0.2, 0.25) is 0 Å². The molecule has 16 heavy (non-hydrogen) atoms. The van der Waals surface area contributed by atoms with Crippen LogP contribution in [0.2, 0.25) is 0 Å². The molecule has 1 aromatic heterocycles. The predicted molar refractivity (Wildman–Crippen MR) is 55.6 cm³/mol. The molecule has 2 rings (SSSR count). The number of aromatic hydroxyl groups is 1. The molecule has 4 heteroatoms. The molecule has 0 aliphatic heterocycles. The fourth-order valence-electron chi connectivity index (χ4n) is 1.35. The van der Waals surface area contributed by atoms with Crippen molar-refractivity contribution in [3.63, 3.8) is 0 Å². The molecule has 0 unspecified atom stereocenters. The van der Waals surface area contributed by atoms with E-state index >= 15 is 0 Å². The number of hydrogen-bond donors (Lipinski definition) is 1. The highest BCUT2D eigenvalue weighted by Crippen LogP contribution is 2.16. The molecular formula is C12H8O4. The van der Waals surface area contributed by atoms with Gasteiger partial charge in [-0.1, -0.05) is 12.1 Å². The quantitative estimate of drug-likeness (QED) is 0.629. The summed E-state index contributed by atoms with van der Waals surface area (Å²) >= 11 is 0. The number of rotatable bonds is 3. The normalized spacial score (nSPS) is 10.0. The molecule has 0 amide bonds. The molecule has 80 valence electrons. The molecule has 0 spiro atoms. The van der Waals surface area contributed by atoms with Crippen LogP contribution in [0.1, 0.15) is 26.5 Å². The van der Waals surface area contributed by atoms with E-state index in [-0.39, 0.29) is 22.9 Å². The highest BCUT2D eigenvalue weighted by molar-refractivity contribution is 6.09. The number of hydrogen-bond acceptors (Lipinski definition) is 4. The lowest BCUT2D eigenvalue weighted by Gasteiger charge is -1.97. The lowest BCUT2D eigenvalue weighted by Crippen LogP contribution is -1.98. The standard InChI is InChI=1S/C12H8O4/c13-6-11-5-9(7-16-11)12(15)8-2-1-3-10(14)4-8/h1-7,14H. The summed E-state index contributed by atoms with van der Waals surface area (Å²) in [7, 11) is 0. The van der Waals surface area contributed by atoms with Crippen LogP contribution in [0.3, 0.4) is 0 Å². The number of phenols is 1. The van der Waals surface area contributed by atoms with Gasteiger partial charge in [0.15, 0.2) is 17.8 Å². The number of ketones is 1. The Morgan fingerprint density at radius 3 is 2.69 bits per heavy atom. The lowest BCUT2D eigenvalue weighted by atomic mass is 10.1. The molecule has 0 saturated heterocycles. The van der Waals surface area contributed by atoms with Crippen molar-refractivity contribution in [1.82, 2.24) is 0 Å². The SMILES string of the molecule is O=Cc1cc(C(=O)c2cccc(O)c2)co1. The van der Waals surface area contributed by atoms with E-state index in [1.807, 2.05) is 0 Å². The van der Waals surface area contributed by atoms with E-state index in [4.69, 9.17) is 4.42 Å². The zero-order valence-electron chi connectivity index (χ0n) is 8.21. The van der Waals surface area contributed by atoms with Gasteiger partial charge in [-0.3, -0.25) is 9.59 Å². The largest absolute Gasteiger partial charge is 0.508 e. The fourth-order valence-corrected chi connectivity index (χ4v) is 1.35. The summed E-state index contributed by atoms with van der Waals surface area (Å²) in [6, 6.07) is 7.34. The molecule has 0 bridgehead atoms. The van der Waals surface area contributed by atoms with Crippen LogP contribution >= 0.6 is 0 Å². The van der Waals surface area contributed by atoms with Crippen molar-refractivity contribution in [2.75, 3.05) is 0 Å². The Balaban J connectivity index is 2.35. The first-order chi connectivity index (χ1) is 7.70. The van der Waals surface area contributed by atoms with Crippen molar-refractivity contribution in [2.24, 2.45) is 0 Å². The van der Waals surface area contributed by atoms with Crippen LogP contribution < -0.4 is 0 Å². The minimum Gasteiger partial charge on any atom is -0.508 e. The Bertz CT molecular complexity index is 539. The maximum Gasteiger partial charge on any atom is 0.196 e. The van der Waals surface area contributed by atoms with Crippen LogP contribution in [0.5, 0.6) is 5.75 Å². The summed E-state index contributed by atoms with van der Waals surface area (Å²) in [5.74, 6) is -0.179. The van der Waals surface area contributed by atoms with Gasteiger partial charge in [-0.25, -0.2) is 0 Å². The monoisotopic (exact) mass is 216 g/mol. The van der Waals surface area contributed by atoms with E-state index < -0.39 is 0 Å². The second-order valence-electron chi connectivity index (χ2n) is 3.24. The van der Waals surface area contributed by atoms with Gasteiger partial charge < -0.3 is 9.52 Å². The zero-order chi connectivity index (χ0) is 11.5. The maximum atomic E-state index is 11.8.